The Hall–Kier alpha value is -4.01. The molecule has 0 radical (unpaired) electrons. The number of hydrogen-bond acceptors (Lipinski definition) is 6. The normalized spacial score (nSPS) is 14.0. The summed E-state index contributed by atoms with van der Waals surface area (Å²) in [5.41, 5.74) is 3.17. The lowest BCUT2D eigenvalue weighted by atomic mass is 10.1. The largest absolute Gasteiger partial charge is 0.368 e. The first-order valence-electron chi connectivity index (χ1n) is 10.9. The SMILES string of the molecule is CC(=O)N1CCN(c2ccc(CNc3ccc4nnc(-c5ccccc5F)n4n3)cc2)CC1. The van der Waals surface area contributed by atoms with Crippen LogP contribution >= 0.6 is 0 Å². The van der Waals surface area contributed by atoms with Crippen molar-refractivity contribution in [1.29, 1.82) is 0 Å². The Kier molecular flexibility index (Phi) is 5.60. The molecule has 2 aromatic carbocycles. The van der Waals surface area contributed by atoms with Crippen molar-refractivity contribution >= 4 is 23.1 Å². The standard InChI is InChI=1S/C24H24FN7O/c1-17(33)30-12-14-31(15-13-30)19-8-6-18(7-9-19)16-26-22-10-11-23-27-28-24(32(23)29-22)20-4-2-3-5-21(20)25/h2-11H,12-16H2,1H3,(H,26,29). The highest BCUT2D eigenvalue weighted by molar-refractivity contribution is 5.73. The molecule has 1 aliphatic heterocycles. The van der Waals surface area contributed by atoms with E-state index in [2.05, 4.69) is 49.8 Å². The zero-order valence-corrected chi connectivity index (χ0v) is 18.3. The minimum absolute atomic E-state index is 0.135. The first-order chi connectivity index (χ1) is 16.1. The Bertz CT molecular complexity index is 1280. The number of nitrogens with one attached hydrogen (secondary N) is 1. The molecule has 3 heterocycles. The summed E-state index contributed by atoms with van der Waals surface area (Å²) in [6, 6.07) is 18.5. The molecule has 0 bridgehead atoms. The molecule has 2 aromatic heterocycles. The van der Waals surface area contributed by atoms with Crippen molar-refractivity contribution in [2.24, 2.45) is 0 Å². The molecule has 5 rings (SSSR count). The number of aromatic nitrogens is 4. The van der Waals surface area contributed by atoms with E-state index in [9.17, 15) is 9.18 Å². The maximum Gasteiger partial charge on any atom is 0.219 e. The Labute approximate surface area is 190 Å². The van der Waals surface area contributed by atoms with Gasteiger partial charge in [-0.25, -0.2) is 4.39 Å². The fourth-order valence-electron chi connectivity index (χ4n) is 3.99. The number of carbonyl (C=O) groups is 1. The van der Waals surface area contributed by atoms with Gasteiger partial charge in [-0.05, 0) is 42.0 Å². The molecule has 33 heavy (non-hydrogen) atoms. The van der Waals surface area contributed by atoms with Crippen molar-refractivity contribution in [2.45, 2.75) is 13.5 Å². The van der Waals surface area contributed by atoms with Gasteiger partial charge in [-0.2, -0.15) is 4.52 Å². The van der Waals surface area contributed by atoms with Crippen LogP contribution in [0.25, 0.3) is 17.0 Å². The van der Waals surface area contributed by atoms with Crippen molar-refractivity contribution in [3.05, 3.63) is 72.0 Å². The topological polar surface area (TPSA) is 78.7 Å². The molecule has 168 valence electrons. The van der Waals surface area contributed by atoms with Crippen molar-refractivity contribution in [1.82, 2.24) is 24.7 Å². The average molecular weight is 446 g/mol. The second kappa shape index (κ2) is 8.85. The van der Waals surface area contributed by atoms with Crippen LogP contribution < -0.4 is 10.2 Å². The third-order valence-electron chi connectivity index (χ3n) is 5.88. The minimum atomic E-state index is -0.366. The summed E-state index contributed by atoms with van der Waals surface area (Å²) in [4.78, 5) is 15.7. The van der Waals surface area contributed by atoms with Crippen molar-refractivity contribution in [2.75, 3.05) is 36.4 Å². The monoisotopic (exact) mass is 445 g/mol. The minimum Gasteiger partial charge on any atom is -0.368 e. The van der Waals surface area contributed by atoms with Gasteiger partial charge in [0, 0.05) is 45.3 Å². The number of anilines is 2. The number of piperazine rings is 1. The van der Waals surface area contributed by atoms with Crippen molar-refractivity contribution < 1.29 is 9.18 Å². The van der Waals surface area contributed by atoms with Crippen LogP contribution in [0.3, 0.4) is 0 Å². The van der Waals surface area contributed by atoms with Gasteiger partial charge in [-0.3, -0.25) is 4.79 Å². The molecule has 4 aromatic rings. The van der Waals surface area contributed by atoms with E-state index in [1.54, 1.807) is 35.7 Å². The lowest BCUT2D eigenvalue weighted by molar-refractivity contribution is -0.129. The van der Waals surface area contributed by atoms with Crippen molar-refractivity contribution in [3.8, 4) is 11.4 Å². The Morgan fingerprint density at radius 2 is 1.73 bits per heavy atom. The van der Waals surface area contributed by atoms with Gasteiger partial charge in [0.2, 0.25) is 5.91 Å². The highest BCUT2D eigenvalue weighted by Crippen LogP contribution is 2.22. The fourth-order valence-corrected chi connectivity index (χ4v) is 3.99. The third-order valence-corrected chi connectivity index (χ3v) is 5.88. The van der Waals surface area contributed by atoms with E-state index in [1.807, 2.05) is 11.0 Å². The Morgan fingerprint density at radius 3 is 2.45 bits per heavy atom. The molecule has 1 fully saturated rings. The number of hydrogen-bond donors (Lipinski definition) is 1. The predicted octanol–water partition coefficient (Wildman–Crippen LogP) is 3.21. The number of nitrogens with zero attached hydrogens (tertiary/aromatic N) is 6. The molecular weight excluding hydrogens is 421 g/mol. The molecule has 0 unspecified atom stereocenters. The highest BCUT2D eigenvalue weighted by atomic mass is 19.1. The quantitative estimate of drug-likeness (QED) is 0.508. The molecule has 0 saturated carbocycles. The Morgan fingerprint density at radius 1 is 0.970 bits per heavy atom. The molecule has 1 aliphatic rings. The number of benzene rings is 2. The van der Waals surface area contributed by atoms with Gasteiger partial charge >= 0.3 is 0 Å². The summed E-state index contributed by atoms with van der Waals surface area (Å²) in [5, 5.41) is 16.1. The van der Waals surface area contributed by atoms with Crippen LogP contribution in [0.2, 0.25) is 0 Å². The van der Waals surface area contributed by atoms with E-state index < -0.39 is 0 Å². The first kappa shape index (κ1) is 20.9. The molecule has 9 heteroatoms. The van der Waals surface area contributed by atoms with Crippen LogP contribution in [0.15, 0.2) is 60.7 Å². The molecular formula is C24H24FN7O. The Balaban J connectivity index is 1.26. The average Bonchev–Trinajstić information content (AvgIpc) is 3.26. The van der Waals surface area contributed by atoms with Gasteiger partial charge in [0.05, 0.1) is 5.56 Å². The van der Waals surface area contributed by atoms with E-state index in [4.69, 9.17) is 0 Å². The number of amides is 1. The van der Waals surface area contributed by atoms with Crippen LogP contribution in [-0.4, -0.2) is 56.8 Å². The van der Waals surface area contributed by atoms with Crippen LogP contribution in [-0.2, 0) is 11.3 Å². The second-order valence-electron chi connectivity index (χ2n) is 8.01. The van der Waals surface area contributed by atoms with Crippen LogP contribution in [0.5, 0.6) is 0 Å². The van der Waals surface area contributed by atoms with Gasteiger partial charge in [0.15, 0.2) is 11.5 Å². The molecule has 0 atom stereocenters. The molecule has 8 nitrogen and oxygen atoms in total. The van der Waals surface area contributed by atoms with Crippen LogP contribution in [0.4, 0.5) is 15.9 Å². The lowest BCUT2D eigenvalue weighted by Gasteiger charge is -2.35. The van der Waals surface area contributed by atoms with Gasteiger partial charge in [0.25, 0.3) is 0 Å². The van der Waals surface area contributed by atoms with Gasteiger partial charge < -0.3 is 15.1 Å². The molecule has 0 spiro atoms. The zero-order valence-electron chi connectivity index (χ0n) is 18.3. The summed E-state index contributed by atoms with van der Waals surface area (Å²) < 4.78 is 15.8. The lowest BCUT2D eigenvalue weighted by Crippen LogP contribution is -2.48. The zero-order chi connectivity index (χ0) is 22.8. The van der Waals surface area contributed by atoms with Gasteiger partial charge in [0.1, 0.15) is 11.6 Å². The maximum absolute atomic E-state index is 14.2. The predicted molar refractivity (Wildman–Crippen MR) is 124 cm³/mol. The number of rotatable bonds is 5. The summed E-state index contributed by atoms with van der Waals surface area (Å²) in [7, 11) is 0. The highest BCUT2D eigenvalue weighted by Gasteiger charge is 2.18. The number of halogens is 1. The summed E-state index contributed by atoms with van der Waals surface area (Å²) in [6.07, 6.45) is 0. The summed E-state index contributed by atoms with van der Waals surface area (Å²) in [6.45, 7) is 5.40. The second-order valence-corrected chi connectivity index (χ2v) is 8.01. The fraction of sp³-hybridized carbons (Fsp3) is 0.250. The van der Waals surface area contributed by atoms with E-state index in [-0.39, 0.29) is 11.7 Å². The van der Waals surface area contributed by atoms with Gasteiger partial charge in [-0.15, -0.1) is 15.3 Å². The third kappa shape index (κ3) is 4.34. The van der Waals surface area contributed by atoms with E-state index in [0.717, 1.165) is 37.4 Å². The van der Waals surface area contributed by atoms with Gasteiger partial charge in [-0.1, -0.05) is 24.3 Å². The molecule has 1 saturated heterocycles. The number of fused-ring (bicyclic) bond motifs is 1. The van der Waals surface area contributed by atoms with Crippen LogP contribution in [0, 0.1) is 5.82 Å². The number of carbonyl (C=O) groups excluding carboxylic acids is 1. The molecule has 1 amide bonds. The molecule has 0 aliphatic carbocycles. The summed E-state index contributed by atoms with van der Waals surface area (Å²) in [5.74, 6) is 0.774. The smallest absolute Gasteiger partial charge is 0.219 e. The van der Waals surface area contributed by atoms with Crippen LogP contribution in [0.1, 0.15) is 12.5 Å². The maximum atomic E-state index is 14.2. The van der Waals surface area contributed by atoms with Crippen molar-refractivity contribution in [3.63, 3.8) is 0 Å². The first-order valence-corrected chi connectivity index (χ1v) is 10.9. The molecule has 1 N–H and O–H groups in total. The summed E-state index contributed by atoms with van der Waals surface area (Å²) >= 11 is 0. The van der Waals surface area contributed by atoms with E-state index >= 15 is 0 Å². The van der Waals surface area contributed by atoms with E-state index in [0.29, 0.717) is 29.4 Å². The van der Waals surface area contributed by atoms with E-state index in [1.165, 1.54) is 6.07 Å².